The maximum atomic E-state index is 11.4. The molecule has 0 bridgehead atoms. The van der Waals surface area contributed by atoms with E-state index in [1.807, 2.05) is 0 Å². The van der Waals surface area contributed by atoms with Crippen molar-refractivity contribution in [2.75, 3.05) is 6.61 Å². The van der Waals surface area contributed by atoms with E-state index in [0.29, 0.717) is 5.52 Å². The number of thiazole rings is 1. The van der Waals surface area contributed by atoms with E-state index in [1.165, 1.54) is 12.1 Å². The van der Waals surface area contributed by atoms with Gasteiger partial charge in [-0.15, -0.1) is 11.3 Å². The lowest BCUT2D eigenvalue weighted by Gasteiger charge is -1.94. The molecule has 0 atom stereocenters. The van der Waals surface area contributed by atoms with Crippen LogP contribution < -0.4 is 0 Å². The third-order valence-electron chi connectivity index (χ3n) is 2.03. The molecule has 0 saturated carbocycles. The number of nitro groups is 1. The number of ether oxygens (including phenoxy) is 1. The molecule has 6 nitrogen and oxygen atoms in total. The second-order valence-corrected chi connectivity index (χ2v) is 4.18. The molecule has 0 radical (unpaired) electrons. The van der Waals surface area contributed by atoms with Crippen LogP contribution in [0, 0.1) is 10.1 Å². The summed E-state index contributed by atoms with van der Waals surface area (Å²) < 4.78 is 5.53. The molecule has 17 heavy (non-hydrogen) atoms. The van der Waals surface area contributed by atoms with Gasteiger partial charge in [0.05, 0.1) is 21.7 Å². The Hall–Kier alpha value is -2.02. The predicted molar refractivity (Wildman–Crippen MR) is 62.2 cm³/mol. The third kappa shape index (κ3) is 2.23. The zero-order valence-electron chi connectivity index (χ0n) is 8.87. The zero-order valence-corrected chi connectivity index (χ0v) is 9.69. The van der Waals surface area contributed by atoms with Crippen LogP contribution in [-0.2, 0) is 4.74 Å². The summed E-state index contributed by atoms with van der Waals surface area (Å²) in [5.41, 5.74) is 0.394. The predicted octanol–water partition coefficient (Wildman–Crippen LogP) is 2.38. The van der Waals surface area contributed by atoms with Gasteiger partial charge in [-0.2, -0.15) is 0 Å². The second-order valence-electron chi connectivity index (χ2n) is 3.15. The molecule has 0 aliphatic rings. The zero-order chi connectivity index (χ0) is 12.4. The van der Waals surface area contributed by atoms with Gasteiger partial charge in [-0.3, -0.25) is 10.1 Å². The van der Waals surface area contributed by atoms with Crippen LogP contribution >= 0.6 is 11.3 Å². The minimum Gasteiger partial charge on any atom is -0.461 e. The summed E-state index contributed by atoms with van der Waals surface area (Å²) in [4.78, 5) is 25.5. The monoisotopic (exact) mass is 252 g/mol. The van der Waals surface area contributed by atoms with E-state index in [0.717, 1.165) is 16.0 Å². The Balaban J connectivity index is 2.43. The highest BCUT2D eigenvalue weighted by atomic mass is 32.1. The first kappa shape index (κ1) is 11.5. The van der Waals surface area contributed by atoms with E-state index < -0.39 is 10.9 Å². The average Bonchev–Trinajstić information content (AvgIpc) is 2.71. The molecule has 1 aromatic heterocycles. The van der Waals surface area contributed by atoms with Gasteiger partial charge in [0.25, 0.3) is 5.69 Å². The molecule has 88 valence electrons. The summed E-state index contributed by atoms with van der Waals surface area (Å²) in [6, 6.07) is 4.30. The van der Waals surface area contributed by atoms with Crippen LogP contribution in [0.15, 0.2) is 18.2 Å². The van der Waals surface area contributed by atoms with Crippen LogP contribution in [0.25, 0.3) is 10.2 Å². The van der Waals surface area contributed by atoms with Crippen molar-refractivity contribution in [1.29, 1.82) is 0 Å². The Morgan fingerprint density at radius 1 is 1.59 bits per heavy atom. The number of hydrogen-bond donors (Lipinski definition) is 0. The number of hydrogen-bond acceptors (Lipinski definition) is 6. The summed E-state index contributed by atoms with van der Waals surface area (Å²) in [5.74, 6) is -0.503. The minimum absolute atomic E-state index is 0.0433. The molecular weight excluding hydrogens is 244 g/mol. The van der Waals surface area contributed by atoms with E-state index in [9.17, 15) is 14.9 Å². The van der Waals surface area contributed by atoms with Crippen LogP contribution in [0.1, 0.15) is 16.7 Å². The number of carbonyl (C=O) groups excluding carboxylic acids is 1. The number of rotatable bonds is 3. The Morgan fingerprint density at radius 2 is 2.35 bits per heavy atom. The molecule has 0 N–H and O–H groups in total. The van der Waals surface area contributed by atoms with Crippen LogP contribution in [0.5, 0.6) is 0 Å². The lowest BCUT2D eigenvalue weighted by molar-refractivity contribution is -0.384. The molecule has 2 rings (SSSR count). The summed E-state index contributed by atoms with van der Waals surface area (Å²) in [6.45, 7) is 1.98. The third-order valence-corrected chi connectivity index (χ3v) is 3.05. The van der Waals surface area contributed by atoms with Gasteiger partial charge in [-0.25, -0.2) is 9.78 Å². The molecule has 0 saturated heterocycles. The Labute approximate surface area is 100.0 Å². The van der Waals surface area contributed by atoms with Crippen molar-refractivity contribution in [1.82, 2.24) is 4.98 Å². The van der Waals surface area contributed by atoms with Crippen molar-refractivity contribution in [3.8, 4) is 0 Å². The highest BCUT2D eigenvalue weighted by Gasteiger charge is 2.15. The van der Waals surface area contributed by atoms with Gasteiger partial charge in [0, 0.05) is 12.1 Å². The maximum absolute atomic E-state index is 11.4. The van der Waals surface area contributed by atoms with Gasteiger partial charge in [0.1, 0.15) is 0 Å². The Morgan fingerprint density at radius 3 is 3.00 bits per heavy atom. The van der Waals surface area contributed by atoms with Crippen LogP contribution in [0.4, 0.5) is 5.69 Å². The molecule has 0 unspecified atom stereocenters. The smallest absolute Gasteiger partial charge is 0.367 e. The summed E-state index contributed by atoms with van der Waals surface area (Å²) in [7, 11) is 0. The lowest BCUT2D eigenvalue weighted by atomic mass is 10.3. The minimum atomic E-state index is -0.503. The van der Waals surface area contributed by atoms with E-state index in [2.05, 4.69) is 4.98 Å². The van der Waals surface area contributed by atoms with Gasteiger partial charge in [-0.05, 0) is 13.0 Å². The highest BCUT2D eigenvalue weighted by Crippen LogP contribution is 2.26. The molecule has 1 aromatic carbocycles. The first-order valence-electron chi connectivity index (χ1n) is 4.84. The summed E-state index contributed by atoms with van der Waals surface area (Å²) >= 11 is 1.16. The summed E-state index contributed by atoms with van der Waals surface area (Å²) in [5, 5.41) is 10.8. The molecule has 1 heterocycles. The number of fused-ring (bicyclic) bond motifs is 1. The van der Waals surface area contributed by atoms with Gasteiger partial charge < -0.3 is 4.74 Å². The molecular formula is C10H8N2O4S. The first-order valence-corrected chi connectivity index (χ1v) is 5.65. The number of carbonyl (C=O) groups is 1. The van der Waals surface area contributed by atoms with E-state index in [4.69, 9.17) is 4.74 Å². The number of non-ortho nitro benzene ring substituents is 1. The Kier molecular flexibility index (Phi) is 3.01. The lowest BCUT2D eigenvalue weighted by Crippen LogP contribution is -2.03. The fourth-order valence-corrected chi connectivity index (χ4v) is 2.15. The van der Waals surface area contributed by atoms with Crippen molar-refractivity contribution in [2.24, 2.45) is 0 Å². The van der Waals surface area contributed by atoms with Crippen molar-refractivity contribution >= 4 is 33.2 Å². The molecule has 7 heteroatoms. The number of nitrogens with zero attached hydrogens (tertiary/aromatic N) is 2. The standard InChI is InChI=1S/C10H8N2O4S/c1-2-16-10(13)9-11-7-5-6(12(14)15)3-4-8(7)17-9/h3-5H,2H2,1H3. The fourth-order valence-electron chi connectivity index (χ4n) is 1.31. The van der Waals surface area contributed by atoms with Crippen molar-refractivity contribution in [3.05, 3.63) is 33.3 Å². The molecule has 0 spiro atoms. The number of nitro benzene ring substituents is 1. The van der Waals surface area contributed by atoms with E-state index in [-0.39, 0.29) is 17.3 Å². The van der Waals surface area contributed by atoms with Gasteiger partial charge in [0.2, 0.25) is 5.01 Å². The van der Waals surface area contributed by atoms with Gasteiger partial charge >= 0.3 is 5.97 Å². The quantitative estimate of drug-likeness (QED) is 0.475. The summed E-state index contributed by atoms with van der Waals surface area (Å²) in [6.07, 6.45) is 0. The second kappa shape index (κ2) is 4.46. The molecule has 0 aliphatic carbocycles. The van der Waals surface area contributed by atoms with Crippen molar-refractivity contribution in [3.63, 3.8) is 0 Å². The number of benzene rings is 1. The van der Waals surface area contributed by atoms with E-state index >= 15 is 0 Å². The highest BCUT2D eigenvalue weighted by molar-refractivity contribution is 7.20. The molecule has 2 aromatic rings. The first-order chi connectivity index (χ1) is 8.11. The number of esters is 1. The molecule has 0 amide bonds. The largest absolute Gasteiger partial charge is 0.461 e. The normalized spacial score (nSPS) is 10.4. The van der Waals surface area contributed by atoms with Crippen LogP contribution in [0.2, 0.25) is 0 Å². The van der Waals surface area contributed by atoms with Gasteiger partial charge in [-0.1, -0.05) is 0 Å². The van der Waals surface area contributed by atoms with Gasteiger partial charge in [0.15, 0.2) is 0 Å². The fraction of sp³-hybridized carbons (Fsp3) is 0.200. The van der Waals surface area contributed by atoms with Crippen LogP contribution in [-0.4, -0.2) is 22.5 Å². The maximum Gasteiger partial charge on any atom is 0.367 e. The Bertz CT molecular complexity index is 593. The van der Waals surface area contributed by atoms with Crippen LogP contribution in [0.3, 0.4) is 0 Å². The average molecular weight is 252 g/mol. The van der Waals surface area contributed by atoms with Crippen molar-refractivity contribution < 1.29 is 14.5 Å². The molecule has 0 aliphatic heterocycles. The number of aromatic nitrogens is 1. The van der Waals surface area contributed by atoms with E-state index in [1.54, 1.807) is 13.0 Å². The SMILES string of the molecule is CCOC(=O)c1nc2cc([N+](=O)[O-])ccc2s1. The topological polar surface area (TPSA) is 82.3 Å². The van der Waals surface area contributed by atoms with Crippen molar-refractivity contribution in [2.45, 2.75) is 6.92 Å². The molecule has 0 fully saturated rings.